The fourth-order valence-electron chi connectivity index (χ4n) is 5.95. The predicted molar refractivity (Wildman–Crippen MR) is 179 cm³/mol. The molecule has 4 nitrogen and oxygen atoms in total. The number of carbonyl (C=O) groups excluding carboxylic acids is 1. The summed E-state index contributed by atoms with van der Waals surface area (Å²) in [5, 5.41) is 23.0. The summed E-state index contributed by atoms with van der Waals surface area (Å²) in [4.78, 5) is 12.3. The number of aliphatic hydroxyl groups excluding tert-OH is 2. The molecule has 0 saturated carbocycles. The number of aliphatic hydroxyl groups is 2. The van der Waals surface area contributed by atoms with Crippen LogP contribution >= 0.6 is 0 Å². The Bertz CT molecular complexity index is 512. The van der Waals surface area contributed by atoms with Crippen molar-refractivity contribution >= 4 is 5.91 Å². The van der Waals surface area contributed by atoms with Gasteiger partial charge in [0.05, 0.1) is 18.8 Å². The van der Waals surface area contributed by atoms with E-state index in [-0.39, 0.29) is 12.5 Å². The van der Waals surface area contributed by atoms with Gasteiger partial charge < -0.3 is 15.5 Å². The van der Waals surface area contributed by atoms with E-state index in [0.717, 1.165) is 25.7 Å². The van der Waals surface area contributed by atoms with Crippen LogP contribution in [0, 0.1) is 0 Å². The van der Waals surface area contributed by atoms with Crippen LogP contribution in [0.5, 0.6) is 0 Å². The number of unbranched alkanes of at least 4 members (excludes halogenated alkanes) is 27. The Labute approximate surface area is 257 Å². The van der Waals surface area contributed by atoms with Crippen LogP contribution < -0.4 is 5.32 Å². The van der Waals surface area contributed by atoms with Gasteiger partial charge in [-0.3, -0.25) is 4.79 Å². The van der Waals surface area contributed by atoms with Crippen LogP contribution in [-0.2, 0) is 4.79 Å². The Hall–Kier alpha value is -0.610. The van der Waals surface area contributed by atoms with Crippen LogP contribution in [0.3, 0.4) is 0 Å². The summed E-state index contributed by atoms with van der Waals surface area (Å²) in [6.07, 6.45) is 38.7. The first-order valence-corrected chi connectivity index (χ1v) is 18.7. The van der Waals surface area contributed by atoms with Crippen molar-refractivity contribution in [3.05, 3.63) is 0 Å². The van der Waals surface area contributed by atoms with E-state index >= 15 is 0 Å². The smallest absolute Gasteiger partial charge is 0.220 e. The molecule has 0 spiro atoms. The molecular weight excluding hydrogens is 506 g/mol. The summed E-state index contributed by atoms with van der Waals surface area (Å²) in [6, 6.07) is -0.527. The second-order valence-electron chi connectivity index (χ2n) is 13.0. The Morgan fingerprint density at radius 1 is 0.488 bits per heavy atom. The van der Waals surface area contributed by atoms with Gasteiger partial charge in [-0.15, -0.1) is 0 Å². The molecule has 0 aliphatic heterocycles. The second-order valence-corrected chi connectivity index (χ2v) is 13.0. The lowest BCUT2D eigenvalue weighted by molar-refractivity contribution is -0.123. The highest BCUT2D eigenvalue weighted by molar-refractivity contribution is 5.76. The average molecular weight is 582 g/mol. The van der Waals surface area contributed by atoms with E-state index in [2.05, 4.69) is 19.2 Å². The summed E-state index contributed by atoms with van der Waals surface area (Å²) >= 11 is 0. The van der Waals surface area contributed by atoms with E-state index in [9.17, 15) is 15.0 Å². The van der Waals surface area contributed by atoms with Crippen molar-refractivity contribution in [1.29, 1.82) is 0 Å². The number of hydrogen-bond acceptors (Lipinski definition) is 3. The van der Waals surface area contributed by atoms with Crippen LogP contribution in [0.2, 0.25) is 0 Å². The molecule has 1 amide bonds. The Morgan fingerprint density at radius 2 is 0.780 bits per heavy atom. The Kier molecular flexibility index (Phi) is 33.4. The first-order chi connectivity index (χ1) is 20.2. The second kappa shape index (κ2) is 33.9. The molecule has 0 saturated heterocycles. The van der Waals surface area contributed by atoms with Crippen molar-refractivity contribution in [3.63, 3.8) is 0 Å². The number of carbonyl (C=O) groups is 1. The number of hydrogen-bond donors (Lipinski definition) is 3. The molecular formula is C37H75NO3. The number of amides is 1. The van der Waals surface area contributed by atoms with Crippen molar-refractivity contribution in [2.24, 2.45) is 0 Å². The molecule has 0 heterocycles. The van der Waals surface area contributed by atoms with E-state index < -0.39 is 12.1 Å². The summed E-state index contributed by atoms with van der Waals surface area (Å²) < 4.78 is 0. The van der Waals surface area contributed by atoms with Gasteiger partial charge in [0, 0.05) is 6.42 Å². The van der Waals surface area contributed by atoms with E-state index in [1.807, 2.05) is 0 Å². The van der Waals surface area contributed by atoms with Crippen LogP contribution in [0.15, 0.2) is 0 Å². The maximum absolute atomic E-state index is 12.3. The molecule has 0 aromatic heterocycles. The van der Waals surface area contributed by atoms with Gasteiger partial charge in [-0.25, -0.2) is 0 Å². The third-order valence-corrected chi connectivity index (χ3v) is 8.87. The molecule has 3 N–H and O–H groups in total. The lowest BCUT2D eigenvalue weighted by Crippen LogP contribution is -2.45. The summed E-state index contributed by atoms with van der Waals surface area (Å²) in [5.74, 6) is -0.0291. The molecule has 0 aliphatic carbocycles. The minimum atomic E-state index is -0.650. The van der Waals surface area contributed by atoms with Gasteiger partial charge in [-0.2, -0.15) is 0 Å². The van der Waals surface area contributed by atoms with E-state index in [4.69, 9.17) is 0 Å². The molecule has 0 bridgehead atoms. The largest absolute Gasteiger partial charge is 0.394 e. The molecule has 41 heavy (non-hydrogen) atoms. The third kappa shape index (κ3) is 30.6. The van der Waals surface area contributed by atoms with Gasteiger partial charge >= 0.3 is 0 Å². The molecule has 0 aliphatic rings. The summed E-state index contributed by atoms with van der Waals surface area (Å²) in [6.45, 7) is 4.36. The highest BCUT2D eigenvalue weighted by Gasteiger charge is 2.19. The minimum Gasteiger partial charge on any atom is -0.394 e. The Balaban J connectivity index is 3.49. The molecule has 0 aromatic carbocycles. The molecule has 2 atom stereocenters. The van der Waals surface area contributed by atoms with Gasteiger partial charge in [0.2, 0.25) is 5.91 Å². The standard InChI is InChI=1S/C37H75NO3/c1-3-5-7-9-11-13-15-16-17-18-19-20-21-23-25-27-29-31-33-37(41)38-35(34-39)36(40)32-30-28-26-24-22-14-12-10-8-6-4-2/h35-36,39-40H,3-34H2,1-2H3,(H,38,41). The van der Waals surface area contributed by atoms with Gasteiger partial charge in [-0.05, 0) is 12.8 Å². The topological polar surface area (TPSA) is 69.6 Å². The summed E-state index contributed by atoms with van der Waals surface area (Å²) in [5.41, 5.74) is 0. The van der Waals surface area contributed by atoms with Crippen LogP contribution in [0.4, 0.5) is 0 Å². The average Bonchev–Trinajstić information content (AvgIpc) is 2.97. The first-order valence-electron chi connectivity index (χ1n) is 18.7. The van der Waals surface area contributed by atoms with Gasteiger partial charge in [-0.1, -0.05) is 194 Å². The zero-order chi connectivity index (χ0) is 30.1. The zero-order valence-electron chi connectivity index (χ0n) is 28.1. The fraction of sp³-hybridized carbons (Fsp3) is 0.973. The molecule has 246 valence electrons. The monoisotopic (exact) mass is 582 g/mol. The van der Waals surface area contributed by atoms with Gasteiger partial charge in [0.25, 0.3) is 0 Å². The highest BCUT2D eigenvalue weighted by Crippen LogP contribution is 2.16. The van der Waals surface area contributed by atoms with E-state index in [0.29, 0.717) is 12.8 Å². The SMILES string of the molecule is CCCCCCCCCCCCCCCCCCCCC(=O)NC(CO)C(O)CCCCCCCCCCCCC. The van der Waals surface area contributed by atoms with E-state index in [1.165, 1.54) is 161 Å². The highest BCUT2D eigenvalue weighted by atomic mass is 16.3. The maximum atomic E-state index is 12.3. The number of rotatable bonds is 34. The molecule has 0 fully saturated rings. The van der Waals surface area contributed by atoms with Gasteiger partial charge in [0.1, 0.15) is 0 Å². The zero-order valence-corrected chi connectivity index (χ0v) is 28.1. The Morgan fingerprint density at radius 3 is 1.10 bits per heavy atom. The van der Waals surface area contributed by atoms with Crippen molar-refractivity contribution in [1.82, 2.24) is 5.32 Å². The van der Waals surface area contributed by atoms with Crippen molar-refractivity contribution in [2.45, 2.75) is 225 Å². The van der Waals surface area contributed by atoms with Crippen molar-refractivity contribution < 1.29 is 15.0 Å². The van der Waals surface area contributed by atoms with Crippen LogP contribution in [0.1, 0.15) is 213 Å². The molecule has 2 unspecified atom stereocenters. The minimum absolute atomic E-state index is 0.0291. The molecule has 4 heteroatoms. The normalized spacial score (nSPS) is 13.0. The molecule has 0 rings (SSSR count). The summed E-state index contributed by atoms with van der Waals surface area (Å²) in [7, 11) is 0. The quantitative estimate of drug-likeness (QED) is 0.0662. The first kappa shape index (κ1) is 40.4. The molecule has 0 radical (unpaired) electrons. The van der Waals surface area contributed by atoms with Gasteiger partial charge in [0.15, 0.2) is 0 Å². The fourth-order valence-corrected chi connectivity index (χ4v) is 5.95. The maximum Gasteiger partial charge on any atom is 0.220 e. The predicted octanol–water partition coefficient (Wildman–Crippen LogP) is 11.0. The van der Waals surface area contributed by atoms with Crippen molar-refractivity contribution in [2.75, 3.05) is 6.61 Å². The van der Waals surface area contributed by atoms with Crippen LogP contribution in [0.25, 0.3) is 0 Å². The third-order valence-electron chi connectivity index (χ3n) is 8.87. The number of nitrogens with one attached hydrogen (secondary N) is 1. The van der Waals surface area contributed by atoms with E-state index in [1.54, 1.807) is 0 Å². The molecule has 0 aromatic rings. The lowest BCUT2D eigenvalue weighted by Gasteiger charge is -2.22. The van der Waals surface area contributed by atoms with Crippen LogP contribution in [-0.4, -0.2) is 34.9 Å². The van der Waals surface area contributed by atoms with Crippen molar-refractivity contribution in [3.8, 4) is 0 Å². The lowest BCUT2D eigenvalue weighted by atomic mass is 10.0.